The quantitative estimate of drug-likeness (QED) is 0.0469. The summed E-state index contributed by atoms with van der Waals surface area (Å²) in [6.45, 7) is 0. The van der Waals surface area contributed by atoms with E-state index in [0.717, 1.165) is 30.3 Å². The van der Waals surface area contributed by atoms with Gasteiger partial charge in [0.05, 0.1) is 36.8 Å². The summed E-state index contributed by atoms with van der Waals surface area (Å²) >= 11 is 13.0. The molecule has 0 aromatic heterocycles. The van der Waals surface area contributed by atoms with Crippen LogP contribution in [0.5, 0.6) is 0 Å². The molecule has 212 valence electrons. The fraction of sp³-hybridized carbons (Fsp3) is 0. The molecule has 0 saturated heterocycles. The van der Waals surface area contributed by atoms with Crippen molar-refractivity contribution in [3.63, 3.8) is 0 Å². The second-order valence-corrected chi connectivity index (χ2v) is 13.1. The molecule has 0 radical (unpaired) electrons. The summed E-state index contributed by atoms with van der Waals surface area (Å²) in [5.41, 5.74) is -0.498. The molecule has 0 N–H and O–H groups in total. The molecule has 0 amide bonds. The van der Waals surface area contributed by atoms with Crippen LogP contribution in [0.2, 0.25) is 10.0 Å². The maximum atomic E-state index is 13.5. The largest absolute Gasteiger partial charge is 1.00 e. The van der Waals surface area contributed by atoms with E-state index in [4.69, 9.17) is 23.2 Å². The number of ketones is 2. The molecule has 4 aromatic rings. The van der Waals surface area contributed by atoms with Crippen molar-refractivity contribution in [1.82, 2.24) is 0 Å². The Hall–Kier alpha value is -1.11. The van der Waals surface area contributed by atoms with E-state index < -0.39 is 36.4 Å². The average molecular weight is 699 g/mol. The Bertz CT molecular complexity index is 1900. The Labute approximate surface area is 305 Å². The third-order valence-corrected chi connectivity index (χ3v) is 9.43. The van der Waals surface area contributed by atoms with Gasteiger partial charge in [-0.15, -0.1) is 0 Å². The van der Waals surface area contributed by atoms with Gasteiger partial charge in [-0.3, -0.25) is 14.6 Å². The molecule has 0 aliphatic heterocycles. The molecule has 17 heteroatoms. The van der Waals surface area contributed by atoms with Crippen LogP contribution in [-0.2, 0) is 29.3 Å². The van der Waals surface area contributed by atoms with Crippen molar-refractivity contribution >= 4 is 66.8 Å². The van der Waals surface area contributed by atoms with Gasteiger partial charge >= 0.3 is 59.1 Å². The summed E-state index contributed by atoms with van der Waals surface area (Å²) in [5.74, 6) is -1.45. The molecule has 0 spiro atoms. The third kappa shape index (κ3) is 9.00. The summed E-state index contributed by atoms with van der Waals surface area (Å²) in [6, 6.07) is 17.0. The van der Waals surface area contributed by atoms with Crippen LogP contribution in [0.1, 0.15) is 31.8 Å². The molecule has 4 aromatic carbocycles. The predicted octanol–water partition coefficient (Wildman–Crippen LogP) is -1.57. The third-order valence-electron chi connectivity index (χ3n) is 5.62. The standard InChI is InChI=1S/C26H16Cl2O10S3.2Na/c27-23-9-7-18(13-21(23)25(29)15-3-1-5-17(11-15)39-38-37-31)40(32,33)19-8-10-24(28)22(14-19)26(30)16-4-2-6-20(12-16)41(34,35)36;;/h1-14,31H,(H,34,35,36);;/q;2*+1/p-2. The zero-order chi connectivity index (χ0) is 29.9. The molecule has 0 saturated carbocycles. The Kier molecular flexibility index (Phi) is 14.1. The van der Waals surface area contributed by atoms with Crippen molar-refractivity contribution in [2.24, 2.45) is 0 Å². The summed E-state index contributed by atoms with van der Waals surface area (Å²) in [4.78, 5) is 25.4. The van der Waals surface area contributed by atoms with Crippen LogP contribution in [0.4, 0.5) is 0 Å². The van der Waals surface area contributed by atoms with Crippen LogP contribution in [0.3, 0.4) is 0 Å². The van der Waals surface area contributed by atoms with Gasteiger partial charge in [0.1, 0.15) is 10.1 Å². The zero-order valence-electron chi connectivity index (χ0n) is 22.1. The smallest absolute Gasteiger partial charge is 0.744 e. The number of rotatable bonds is 10. The van der Waals surface area contributed by atoms with Crippen LogP contribution in [0.25, 0.3) is 0 Å². The number of halogens is 2. The number of hydrogen-bond acceptors (Lipinski definition) is 11. The maximum Gasteiger partial charge on any atom is 1.00 e. The fourth-order valence-corrected chi connectivity index (χ4v) is 6.32. The molecule has 0 fully saturated rings. The summed E-state index contributed by atoms with van der Waals surface area (Å²) in [7, 11) is -9.20. The maximum absolute atomic E-state index is 13.5. The Morgan fingerprint density at radius 3 is 1.65 bits per heavy atom. The minimum absolute atomic E-state index is 0. The molecule has 0 heterocycles. The van der Waals surface area contributed by atoms with Gasteiger partial charge in [-0.25, -0.2) is 16.8 Å². The summed E-state index contributed by atoms with van der Waals surface area (Å²) < 4.78 is 65.5. The minimum atomic E-state index is -4.86. The zero-order valence-corrected chi connectivity index (χ0v) is 30.1. The SMILES string of the molecule is O=C(c1cccc(SOO[O-])c1)c1cc(S(=O)(=O)c2ccc(Cl)c(C(=O)c3cccc(S(=O)(=O)[O-])c3)c2)ccc1Cl.[Na+].[Na+]. The Balaban J connectivity index is 0.00000323. The van der Waals surface area contributed by atoms with Gasteiger partial charge in [-0.2, -0.15) is 4.33 Å². The van der Waals surface area contributed by atoms with Gasteiger partial charge in [-0.1, -0.05) is 47.5 Å². The van der Waals surface area contributed by atoms with E-state index in [0.29, 0.717) is 16.9 Å². The Morgan fingerprint density at radius 1 is 0.674 bits per heavy atom. The van der Waals surface area contributed by atoms with Crippen LogP contribution in [-0.4, -0.2) is 33.0 Å². The van der Waals surface area contributed by atoms with E-state index in [2.05, 4.69) is 9.37 Å². The van der Waals surface area contributed by atoms with Crippen LogP contribution < -0.4 is 64.4 Å². The number of carbonyl (C=O) groups excluding carboxylic acids is 2. The van der Waals surface area contributed by atoms with Crippen molar-refractivity contribution in [2.45, 2.75) is 19.6 Å². The molecule has 10 nitrogen and oxygen atoms in total. The van der Waals surface area contributed by atoms with Crippen molar-refractivity contribution < 1.29 is 105 Å². The van der Waals surface area contributed by atoms with Crippen LogP contribution in [0.15, 0.2) is 105 Å². The number of hydrogen-bond donors (Lipinski definition) is 0. The van der Waals surface area contributed by atoms with Gasteiger partial charge in [0.2, 0.25) is 9.84 Å². The molecule has 0 aliphatic rings. The average Bonchev–Trinajstić information content (AvgIpc) is 2.95. The van der Waals surface area contributed by atoms with Crippen molar-refractivity contribution in [1.29, 1.82) is 0 Å². The van der Waals surface area contributed by atoms with Gasteiger partial charge in [0, 0.05) is 27.1 Å². The van der Waals surface area contributed by atoms with E-state index in [1.165, 1.54) is 54.6 Å². The topological polar surface area (TPSA) is 167 Å². The second-order valence-electron chi connectivity index (χ2n) is 8.17. The second kappa shape index (κ2) is 15.9. The molecular weight excluding hydrogens is 685 g/mol. The molecular formula is C26H14Cl2Na2O10S3. The van der Waals surface area contributed by atoms with Crippen molar-refractivity contribution in [3.05, 3.63) is 117 Å². The number of sulfone groups is 1. The first-order valence-corrected chi connectivity index (χ1v) is 15.4. The van der Waals surface area contributed by atoms with E-state index in [-0.39, 0.29) is 101 Å². The van der Waals surface area contributed by atoms with Crippen molar-refractivity contribution in [3.8, 4) is 0 Å². The normalized spacial score (nSPS) is 11.3. The first-order valence-electron chi connectivity index (χ1n) is 11.1. The minimum Gasteiger partial charge on any atom is -0.744 e. The molecule has 43 heavy (non-hydrogen) atoms. The van der Waals surface area contributed by atoms with Gasteiger partial charge < -0.3 is 9.81 Å². The number of carbonyl (C=O) groups is 2. The molecule has 4 rings (SSSR count). The first kappa shape index (κ1) is 38.1. The van der Waals surface area contributed by atoms with E-state index in [1.807, 2.05) is 0 Å². The summed E-state index contributed by atoms with van der Waals surface area (Å²) in [5, 5.41) is 13.2. The van der Waals surface area contributed by atoms with Crippen LogP contribution >= 0.6 is 35.2 Å². The first-order chi connectivity index (χ1) is 19.3. The van der Waals surface area contributed by atoms with E-state index in [1.54, 1.807) is 0 Å². The van der Waals surface area contributed by atoms with Gasteiger partial charge in [0.25, 0.3) is 0 Å². The van der Waals surface area contributed by atoms with E-state index in [9.17, 15) is 36.2 Å². The predicted molar refractivity (Wildman–Crippen MR) is 144 cm³/mol. The molecule has 0 unspecified atom stereocenters. The van der Waals surface area contributed by atoms with E-state index >= 15 is 0 Å². The Morgan fingerprint density at radius 2 is 1.16 bits per heavy atom. The monoisotopic (exact) mass is 698 g/mol. The molecule has 0 bridgehead atoms. The molecule has 0 atom stereocenters. The van der Waals surface area contributed by atoms with Gasteiger partial charge in [-0.05, 0) is 60.7 Å². The van der Waals surface area contributed by atoms with Gasteiger partial charge in [0.15, 0.2) is 11.6 Å². The molecule has 0 aliphatic carbocycles. The van der Waals surface area contributed by atoms with Crippen LogP contribution in [0, 0.1) is 0 Å². The fourth-order valence-electron chi connectivity index (χ4n) is 3.67. The van der Waals surface area contributed by atoms with Crippen molar-refractivity contribution in [2.75, 3.05) is 0 Å². The summed E-state index contributed by atoms with van der Waals surface area (Å²) in [6.07, 6.45) is 0. The number of benzene rings is 4.